The summed E-state index contributed by atoms with van der Waals surface area (Å²) in [6, 6.07) is 73.6. The Morgan fingerprint density at radius 2 is 0.754 bits per heavy atom. The summed E-state index contributed by atoms with van der Waals surface area (Å²) in [4.78, 5) is 0. The van der Waals surface area contributed by atoms with Gasteiger partial charge < -0.3 is 13.5 Å². The molecule has 0 unspecified atom stereocenters. The fraction of sp³-hybridized carbons (Fsp3) is 0. The van der Waals surface area contributed by atoms with Gasteiger partial charge in [0.1, 0.15) is 0 Å². The van der Waals surface area contributed by atoms with E-state index in [2.05, 4.69) is 214 Å². The summed E-state index contributed by atoms with van der Waals surface area (Å²) in [5, 5.41) is 10.2. The molecule has 0 saturated heterocycles. The summed E-state index contributed by atoms with van der Waals surface area (Å²) in [7, 11) is 0. The molecule has 0 aliphatic heterocycles. The summed E-state index contributed by atoms with van der Waals surface area (Å²) in [6.45, 7) is 0. The smallest absolute Gasteiger partial charge is 0.0620 e. The fourth-order valence-corrected chi connectivity index (χ4v) is 9.93. The van der Waals surface area contributed by atoms with E-state index in [1.165, 1.54) is 115 Å². The maximum absolute atomic E-state index is 2.50. The molecule has 13 rings (SSSR count). The molecule has 264 valence electrons. The van der Waals surface area contributed by atoms with E-state index in [0.29, 0.717) is 0 Å². The van der Waals surface area contributed by atoms with Crippen LogP contribution in [0.4, 0.5) is 0 Å². The van der Waals surface area contributed by atoms with Gasteiger partial charge in [-0.25, -0.2) is 0 Å². The Bertz CT molecular complexity index is 3690. The van der Waals surface area contributed by atoms with E-state index in [9.17, 15) is 0 Å². The molecule has 0 amide bonds. The molecule has 4 heterocycles. The SMILES string of the molecule is c1ccc(-n2c3ccccc3c3cc(-c4ccc5c(c4)c4cccc6c7ccc(-c8ccccc8-n8c9ccccc9c9ccccc98)cc7n5c46)ccc32)cc1. The molecule has 57 heavy (non-hydrogen) atoms. The number of nitrogens with zero attached hydrogens (tertiary/aromatic N) is 3. The summed E-state index contributed by atoms with van der Waals surface area (Å²) in [5.41, 5.74) is 15.8. The van der Waals surface area contributed by atoms with E-state index >= 15 is 0 Å². The number of para-hydroxylation sites is 6. The molecular weight excluding hydrogens is 691 g/mol. The first-order chi connectivity index (χ1) is 28.3. The first-order valence-corrected chi connectivity index (χ1v) is 19.7. The standard InChI is InChI=1S/C54H33N3/c1-2-13-37(14-3-1)55-48-22-9-7-18-41(48)45-31-34(26-29-51(45)55)35-27-30-52-46(32-35)44-20-12-19-43-42-28-25-36(33-53(42)57(52)54(43)44)38-15-4-8-21-47(38)56-49-23-10-5-16-39(49)40-17-6-11-24-50(40)56/h1-33H. The van der Waals surface area contributed by atoms with Gasteiger partial charge in [-0.3, -0.25) is 0 Å². The van der Waals surface area contributed by atoms with Gasteiger partial charge in [0.25, 0.3) is 0 Å². The van der Waals surface area contributed by atoms with E-state index in [1.54, 1.807) is 0 Å². The molecule has 0 radical (unpaired) electrons. The number of hydrogen-bond donors (Lipinski definition) is 0. The second-order valence-corrected chi connectivity index (χ2v) is 15.3. The van der Waals surface area contributed by atoms with Gasteiger partial charge in [-0.05, 0) is 83.4 Å². The van der Waals surface area contributed by atoms with Crippen molar-refractivity contribution in [2.75, 3.05) is 0 Å². The number of aromatic nitrogens is 3. The molecule has 9 aromatic carbocycles. The highest BCUT2D eigenvalue weighted by Crippen LogP contribution is 2.43. The largest absolute Gasteiger partial charge is 0.309 e. The maximum Gasteiger partial charge on any atom is 0.0620 e. The van der Waals surface area contributed by atoms with Crippen LogP contribution in [0.2, 0.25) is 0 Å². The lowest BCUT2D eigenvalue weighted by molar-refractivity contribution is 1.18. The predicted octanol–water partition coefficient (Wildman–Crippen LogP) is 14.4. The third kappa shape index (κ3) is 4.20. The lowest BCUT2D eigenvalue weighted by Crippen LogP contribution is -1.97. The average molecular weight is 724 g/mol. The molecule has 0 aliphatic rings. The summed E-state index contributed by atoms with van der Waals surface area (Å²) >= 11 is 0. The van der Waals surface area contributed by atoms with Crippen LogP contribution in [0.15, 0.2) is 200 Å². The van der Waals surface area contributed by atoms with Gasteiger partial charge in [0.15, 0.2) is 0 Å². The van der Waals surface area contributed by atoms with E-state index in [-0.39, 0.29) is 0 Å². The second-order valence-electron chi connectivity index (χ2n) is 15.3. The molecule has 13 aromatic rings. The lowest BCUT2D eigenvalue weighted by Gasteiger charge is -2.14. The van der Waals surface area contributed by atoms with Crippen molar-refractivity contribution in [3.63, 3.8) is 0 Å². The van der Waals surface area contributed by atoms with Crippen LogP contribution >= 0.6 is 0 Å². The number of hydrogen-bond acceptors (Lipinski definition) is 0. The Balaban J connectivity index is 1.00. The van der Waals surface area contributed by atoms with Crippen molar-refractivity contribution in [1.29, 1.82) is 0 Å². The van der Waals surface area contributed by atoms with Crippen LogP contribution in [-0.2, 0) is 0 Å². The highest BCUT2D eigenvalue weighted by molar-refractivity contribution is 6.24. The van der Waals surface area contributed by atoms with Crippen molar-refractivity contribution in [3.05, 3.63) is 200 Å². The Labute approximate surface area is 327 Å². The van der Waals surface area contributed by atoms with Crippen LogP contribution in [0.25, 0.3) is 115 Å². The molecule has 0 atom stereocenters. The van der Waals surface area contributed by atoms with Gasteiger partial charge in [-0.15, -0.1) is 0 Å². The molecule has 0 fully saturated rings. The predicted molar refractivity (Wildman–Crippen MR) is 241 cm³/mol. The number of rotatable bonds is 4. The molecule has 0 N–H and O–H groups in total. The topological polar surface area (TPSA) is 14.3 Å². The molecule has 3 nitrogen and oxygen atoms in total. The summed E-state index contributed by atoms with van der Waals surface area (Å²) in [6.07, 6.45) is 0. The maximum atomic E-state index is 2.50. The summed E-state index contributed by atoms with van der Waals surface area (Å²) < 4.78 is 7.32. The first-order valence-electron chi connectivity index (χ1n) is 19.7. The molecule has 4 aromatic heterocycles. The van der Waals surface area contributed by atoms with Crippen molar-refractivity contribution >= 4 is 81.7 Å². The number of benzene rings is 9. The quantitative estimate of drug-likeness (QED) is 0.172. The van der Waals surface area contributed by atoms with E-state index in [0.717, 1.165) is 0 Å². The van der Waals surface area contributed by atoms with Gasteiger partial charge in [-0.2, -0.15) is 0 Å². The average Bonchev–Trinajstić information content (AvgIpc) is 4.00. The zero-order chi connectivity index (χ0) is 37.2. The van der Waals surface area contributed by atoms with Crippen molar-refractivity contribution in [3.8, 4) is 33.6 Å². The zero-order valence-corrected chi connectivity index (χ0v) is 30.9. The lowest BCUT2D eigenvalue weighted by atomic mass is 9.99. The molecule has 0 spiro atoms. The van der Waals surface area contributed by atoms with Crippen molar-refractivity contribution < 1.29 is 0 Å². The second kappa shape index (κ2) is 11.5. The van der Waals surface area contributed by atoms with Gasteiger partial charge in [0.2, 0.25) is 0 Å². The van der Waals surface area contributed by atoms with Crippen molar-refractivity contribution in [2.24, 2.45) is 0 Å². The first kappa shape index (κ1) is 30.7. The third-order valence-electron chi connectivity index (χ3n) is 12.4. The van der Waals surface area contributed by atoms with Crippen molar-refractivity contribution in [1.82, 2.24) is 13.5 Å². The molecule has 3 heteroatoms. The minimum absolute atomic E-state index is 1.18. The van der Waals surface area contributed by atoms with Gasteiger partial charge >= 0.3 is 0 Å². The highest BCUT2D eigenvalue weighted by atomic mass is 15.0. The van der Waals surface area contributed by atoms with Gasteiger partial charge in [0.05, 0.1) is 44.3 Å². The van der Waals surface area contributed by atoms with E-state index < -0.39 is 0 Å². The molecule has 0 saturated carbocycles. The minimum Gasteiger partial charge on any atom is -0.309 e. The number of fused-ring (bicyclic) bond motifs is 12. The third-order valence-corrected chi connectivity index (χ3v) is 12.4. The zero-order valence-electron chi connectivity index (χ0n) is 30.9. The minimum atomic E-state index is 1.18. The Hall–Kier alpha value is -7.62. The normalized spacial score (nSPS) is 12.2. The fourth-order valence-electron chi connectivity index (χ4n) is 9.93. The Kier molecular flexibility index (Phi) is 6.16. The monoisotopic (exact) mass is 723 g/mol. The van der Waals surface area contributed by atoms with Crippen molar-refractivity contribution in [2.45, 2.75) is 0 Å². The molecular formula is C54H33N3. The molecule has 0 bridgehead atoms. The van der Waals surface area contributed by atoms with E-state index in [4.69, 9.17) is 0 Å². The van der Waals surface area contributed by atoms with Crippen LogP contribution in [0, 0.1) is 0 Å². The summed E-state index contributed by atoms with van der Waals surface area (Å²) in [5.74, 6) is 0. The van der Waals surface area contributed by atoms with Crippen LogP contribution in [-0.4, -0.2) is 13.5 Å². The van der Waals surface area contributed by atoms with Crippen LogP contribution in [0.5, 0.6) is 0 Å². The highest BCUT2D eigenvalue weighted by Gasteiger charge is 2.21. The van der Waals surface area contributed by atoms with Crippen LogP contribution in [0.1, 0.15) is 0 Å². The molecule has 0 aliphatic carbocycles. The Morgan fingerprint density at radius 1 is 0.263 bits per heavy atom. The van der Waals surface area contributed by atoms with Crippen LogP contribution in [0.3, 0.4) is 0 Å². The van der Waals surface area contributed by atoms with Gasteiger partial charge in [0, 0.05) is 54.3 Å². The van der Waals surface area contributed by atoms with Gasteiger partial charge in [-0.1, -0.05) is 133 Å². The Morgan fingerprint density at radius 3 is 1.47 bits per heavy atom. The van der Waals surface area contributed by atoms with E-state index in [1.807, 2.05) is 0 Å². The van der Waals surface area contributed by atoms with Crippen LogP contribution < -0.4 is 0 Å².